The van der Waals surface area contributed by atoms with Crippen LogP contribution in [0.5, 0.6) is 0 Å². The number of nitrogens with zero attached hydrogens (tertiary/aromatic N) is 1. The molecule has 0 spiro atoms. The average molecular weight is 413 g/mol. The molecule has 2 aromatic carbocycles. The Balaban J connectivity index is 1.87. The molecule has 1 aliphatic rings. The van der Waals surface area contributed by atoms with Crippen LogP contribution in [0.15, 0.2) is 53.4 Å². The Morgan fingerprint density at radius 3 is 2.69 bits per heavy atom. The minimum absolute atomic E-state index is 0.0543. The van der Waals surface area contributed by atoms with Crippen molar-refractivity contribution in [3.8, 4) is 0 Å². The maximum atomic E-state index is 13.3. The van der Waals surface area contributed by atoms with Gasteiger partial charge in [-0.05, 0) is 23.8 Å². The molecule has 2 aromatic rings. The van der Waals surface area contributed by atoms with Crippen molar-refractivity contribution < 1.29 is 19.1 Å². The number of esters is 1. The van der Waals surface area contributed by atoms with Crippen molar-refractivity contribution in [3.05, 3.63) is 59.7 Å². The van der Waals surface area contributed by atoms with Crippen LogP contribution >= 0.6 is 11.8 Å². The van der Waals surface area contributed by atoms with E-state index in [0.29, 0.717) is 30.0 Å². The van der Waals surface area contributed by atoms with Crippen molar-refractivity contribution in [2.75, 3.05) is 24.7 Å². The third-order valence-corrected chi connectivity index (χ3v) is 5.76. The molecular weight excluding hydrogens is 388 g/mol. The van der Waals surface area contributed by atoms with E-state index in [2.05, 4.69) is 5.32 Å². The van der Waals surface area contributed by atoms with Crippen LogP contribution in [0, 0.1) is 5.92 Å². The van der Waals surface area contributed by atoms with Crippen LogP contribution in [0.2, 0.25) is 0 Å². The molecule has 0 radical (unpaired) electrons. The first-order valence-corrected chi connectivity index (χ1v) is 10.4. The van der Waals surface area contributed by atoms with E-state index in [9.17, 15) is 14.4 Å². The van der Waals surface area contributed by atoms with Crippen LogP contribution in [-0.4, -0.2) is 42.1 Å². The number of carbonyl (C=O) groups excluding carboxylic acids is 3. The minimum Gasteiger partial charge on any atom is -0.469 e. The summed E-state index contributed by atoms with van der Waals surface area (Å²) in [5.41, 5.74) is 2.10. The van der Waals surface area contributed by atoms with Crippen LogP contribution in [0.1, 0.15) is 29.3 Å². The number of amides is 2. The lowest BCUT2D eigenvalue weighted by atomic mass is 10.1. The van der Waals surface area contributed by atoms with Gasteiger partial charge in [-0.2, -0.15) is 0 Å². The smallest absolute Gasteiger partial charge is 0.310 e. The van der Waals surface area contributed by atoms with E-state index in [1.54, 1.807) is 35.7 Å². The molecule has 7 heteroatoms. The van der Waals surface area contributed by atoms with Crippen LogP contribution in [0.3, 0.4) is 0 Å². The molecule has 152 valence electrons. The van der Waals surface area contributed by atoms with Gasteiger partial charge in [0.2, 0.25) is 5.91 Å². The summed E-state index contributed by atoms with van der Waals surface area (Å²) in [5.74, 6) is -0.356. The van der Waals surface area contributed by atoms with Crippen molar-refractivity contribution in [1.29, 1.82) is 0 Å². The van der Waals surface area contributed by atoms with Crippen LogP contribution in [-0.2, 0) is 20.9 Å². The molecular formula is C22H24N2O4S. The maximum Gasteiger partial charge on any atom is 0.310 e. The molecule has 6 nitrogen and oxygen atoms in total. The second kappa shape index (κ2) is 9.60. The van der Waals surface area contributed by atoms with Crippen molar-refractivity contribution in [1.82, 2.24) is 4.90 Å². The maximum absolute atomic E-state index is 13.3. The summed E-state index contributed by atoms with van der Waals surface area (Å²) in [5, 5.41) is 2.87. The van der Waals surface area contributed by atoms with E-state index >= 15 is 0 Å². The van der Waals surface area contributed by atoms with E-state index < -0.39 is 5.92 Å². The second-order valence-electron chi connectivity index (χ2n) is 6.95. The van der Waals surface area contributed by atoms with Gasteiger partial charge in [-0.25, -0.2) is 0 Å². The Morgan fingerprint density at radius 2 is 1.97 bits per heavy atom. The topological polar surface area (TPSA) is 75.7 Å². The number of anilines is 1. The molecule has 0 aliphatic carbocycles. The van der Waals surface area contributed by atoms with E-state index in [1.165, 1.54) is 7.11 Å². The highest BCUT2D eigenvalue weighted by Crippen LogP contribution is 2.32. The third-order valence-electron chi connectivity index (χ3n) is 4.69. The molecule has 1 heterocycles. The lowest BCUT2D eigenvalue weighted by Crippen LogP contribution is -2.37. The number of ether oxygens (including phenoxy) is 1. The van der Waals surface area contributed by atoms with Crippen molar-refractivity contribution in [2.45, 2.75) is 24.8 Å². The zero-order valence-corrected chi connectivity index (χ0v) is 17.3. The SMILES string of the molecule is COC(=O)C(C)CN(Cc1ccccc1)C(=O)c1ccc2c(c1)NC(=O)CCS2. The fourth-order valence-corrected chi connectivity index (χ4v) is 4.10. The lowest BCUT2D eigenvalue weighted by molar-refractivity contribution is -0.145. The first-order valence-electron chi connectivity index (χ1n) is 9.45. The van der Waals surface area contributed by atoms with Crippen LogP contribution in [0.4, 0.5) is 5.69 Å². The molecule has 1 N–H and O–H groups in total. The number of hydrogen-bond acceptors (Lipinski definition) is 5. The fourth-order valence-electron chi connectivity index (χ4n) is 3.16. The van der Waals surface area contributed by atoms with E-state index in [4.69, 9.17) is 4.74 Å². The van der Waals surface area contributed by atoms with Gasteiger partial charge in [0.1, 0.15) is 0 Å². The normalized spacial score (nSPS) is 14.2. The summed E-state index contributed by atoms with van der Waals surface area (Å²) in [4.78, 5) is 39.7. The fraction of sp³-hybridized carbons (Fsp3) is 0.318. The zero-order valence-electron chi connectivity index (χ0n) is 16.5. The van der Waals surface area contributed by atoms with Gasteiger partial charge in [0.15, 0.2) is 0 Å². The Morgan fingerprint density at radius 1 is 1.21 bits per heavy atom. The van der Waals surface area contributed by atoms with Crippen LogP contribution in [0.25, 0.3) is 0 Å². The summed E-state index contributed by atoms with van der Waals surface area (Å²) < 4.78 is 4.82. The zero-order chi connectivity index (χ0) is 20.8. The van der Waals surface area contributed by atoms with E-state index in [0.717, 1.165) is 10.5 Å². The number of carbonyl (C=O) groups is 3. The number of nitrogens with one attached hydrogen (secondary N) is 1. The summed E-state index contributed by atoms with van der Waals surface area (Å²) in [6.45, 7) is 2.35. The number of benzene rings is 2. The highest BCUT2D eigenvalue weighted by molar-refractivity contribution is 7.99. The molecule has 0 fully saturated rings. The highest BCUT2D eigenvalue weighted by Gasteiger charge is 2.24. The third kappa shape index (κ3) is 5.38. The quantitative estimate of drug-likeness (QED) is 0.734. The summed E-state index contributed by atoms with van der Waals surface area (Å²) >= 11 is 1.59. The van der Waals surface area contributed by atoms with Crippen molar-refractivity contribution in [2.24, 2.45) is 5.92 Å². The van der Waals surface area contributed by atoms with Gasteiger partial charge < -0.3 is 15.0 Å². The monoisotopic (exact) mass is 412 g/mol. The predicted molar refractivity (Wildman–Crippen MR) is 113 cm³/mol. The average Bonchev–Trinajstić information content (AvgIpc) is 2.92. The number of fused-ring (bicyclic) bond motifs is 1. The molecule has 3 rings (SSSR count). The largest absolute Gasteiger partial charge is 0.469 e. The van der Waals surface area contributed by atoms with E-state index in [-0.39, 0.29) is 24.3 Å². The van der Waals surface area contributed by atoms with Gasteiger partial charge in [0.25, 0.3) is 5.91 Å². The summed E-state index contributed by atoms with van der Waals surface area (Å²) in [7, 11) is 1.34. The first kappa shape index (κ1) is 20.9. The Labute approximate surface area is 174 Å². The Hall–Kier alpha value is -2.80. The molecule has 1 aliphatic heterocycles. The van der Waals surface area contributed by atoms with Crippen LogP contribution < -0.4 is 5.32 Å². The molecule has 0 saturated heterocycles. The molecule has 0 aromatic heterocycles. The number of methoxy groups -OCH3 is 1. The Kier molecular flexibility index (Phi) is 6.93. The number of hydrogen-bond donors (Lipinski definition) is 1. The van der Waals surface area contributed by atoms with Gasteiger partial charge in [0.05, 0.1) is 18.7 Å². The molecule has 0 saturated carbocycles. The Bertz CT molecular complexity index is 901. The second-order valence-corrected chi connectivity index (χ2v) is 8.09. The highest BCUT2D eigenvalue weighted by atomic mass is 32.2. The van der Waals surface area contributed by atoms with Crippen molar-refractivity contribution >= 4 is 35.2 Å². The molecule has 1 unspecified atom stereocenters. The van der Waals surface area contributed by atoms with Gasteiger partial charge in [-0.15, -0.1) is 11.8 Å². The molecule has 0 bridgehead atoms. The van der Waals surface area contributed by atoms with Gasteiger partial charge in [0, 0.05) is 35.7 Å². The lowest BCUT2D eigenvalue weighted by Gasteiger charge is -2.25. The minimum atomic E-state index is -0.455. The van der Waals surface area contributed by atoms with Gasteiger partial charge in [-0.3, -0.25) is 14.4 Å². The summed E-state index contributed by atoms with van der Waals surface area (Å²) in [6, 6.07) is 15.0. The number of thioether (sulfide) groups is 1. The van der Waals surface area contributed by atoms with Crippen molar-refractivity contribution in [3.63, 3.8) is 0 Å². The summed E-state index contributed by atoms with van der Waals surface area (Å²) in [6.07, 6.45) is 0.444. The standard InChI is InChI=1S/C22H24N2O4S/c1-15(22(27)28-2)13-24(14-16-6-4-3-5-7-16)21(26)17-8-9-19-18(12-17)23-20(25)10-11-29-19/h3-9,12,15H,10-11,13-14H2,1-2H3,(H,23,25). The van der Waals surface area contributed by atoms with Gasteiger partial charge >= 0.3 is 5.97 Å². The predicted octanol–water partition coefficient (Wildman–Crippen LogP) is 3.57. The van der Waals surface area contributed by atoms with Gasteiger partial charge in [-0.1, -0.05) is 37.3 Å². The molecule has 2 amide bonds. The first-order chi connectivity index (χ1) is 14.0. The number of rotatable bonds is 6. The molecule has 1 atom stereocenters. The van der Waals surface area contributed by atoms with E-state index in [1.807, 2.05) is 36.4 Å². The molecule has 29 heavy (non-hydrogen) atoms.